The lowest BCUT2D eigenvalue weighted by Crippen LogP contribution is -2.40. The maximum absolute atomic E-state index is 12.0. The first-order chi connectivity index (χ1) is 13.3. The fraction of sp³-hybridized carbons (Fsp3) is 0.364. The minimum absolute atomic E-state index is 0.266. The molecule has 0 spiro atoms. The molecule has 0 aromatic heterocycles. The number of carbonyl (C=O) groups is 1. The van der Waals surface area contributed by atoms with E-state index in [9.17, 15) is 4.79 Å². The number of likely N-dealkylation sites (tertiary alicyclic amines) is 1. The molecular formula is C22H26N4O. The molecule has 27 heavy (non-hydrogen) atoms. The summed E-state index contributed by atoms with van der Waals surface area (Å²) >= 11 is 0. The molecule has 5 heteroatoms. The van der Waals surface area contributed by atoms with Gasteiger partial charge in [0, 0.05) is 45.3 Å². The highest BCUT2D eigenvalue weighted by atomic mass is 16.2. The zero-order chi connectivity index (χ0) is 18.6. The Morgan fingerprint density at radius 1 is 1.04 bits per heavy atom. The summed E-state index contributed by atoms with van der Waals surface area (Å²) in [5.41, 5.74) is 5.03. The predicted molar refractivity (Wildman–Crippen MR) is 109 cm³/mol. The Balaban J connectivity index is 1.46. The highest BCUT2D eigenvalue weighted by Crippen LogP contribution is 2.27. The largest absolute Gasteiger partial charge is 0.352 e. The number of guanidine groups is 1. The van der Waals surface area contributed by atoms with Crippen LogP contribution in [0.5, 0.6) is 0 Å². The smallest absolute Gasteiger partial charge is 0.222 e. The number of rotatable bonds is 4. The number of nitrogens with zero attached hydrogens (tertiary/aromatic N) is 3. The summed E-state index contributed by atoms with van der Waals surface area (Å²) in [6.07, 6.45) is 2.70. The number of hydrogen-bond donors (Lipinski definition) is 1. The van der Waals surface area contributed by atoms with Crippen LogP contribution in [0.1, 0.15) is 29.5 Å². The van der Waals surface area contributed by atoms with E-state index in [1.54, 1.807) is 0 Å². The summed E-state index contributed by atoms with van der Waals surface area (Å²) in [6, 6.07) is 16.9. The molecule has 4 rings (SSSR count). The van der Waals surface area contributed by atoms with Gasteiger partial charge in [0.05, 0.1) is 0 Å². The molecule has 0 saturated carbocycles. The quantitative estimate of drug-likeness (QED) is 0.672. The summed E-state index contributed by atoms with van der Waals surface area (Å²) in [5, 5.41) is 3.52. The fourth-order valence-corrected chi connectivity index (χ4v) is 3.99. The highest BCUT2D eigenvalue weighted by Gasteiger charge is 2.23. The van der Waals surface area contributed by atoms with Gasteiger partial charge in [-0.05, 0) is 35.6 Å². The summed E-state index contributed by atoms with van der Waals surface area (Å²) < 4.78 is 0. The first-order valence-electron chi connectivity index (χ1n) is 9.67. The van der Waals surface area contributed by atoms with Crippen molar-refractivity contribution in [2.75, 3.05) is 25.0 Å². The average Bonchev–Trinajstić information content (AvgIpc) is 3.30. The lowest BCUT2D eigenvalue weighted by Gasteiger charge is -2.23. The molecule has 2 aliphatic heterocycles. The van der Waals surface area contributed by atoms with Gasteiger partial charge >= 0.3 is 0 Å². The van der Waals surface area contributed by atoms with Gasteiger partial charge in [-0.3, -0.25) is 9.79 Å². The highest BCUT2D eigenvalue weighted by molar-refractivity contribution is 5.97. The van der Waals surface area contributed by atoms with Crippen LogP contribution in [0.2, 0.25) is 0 Å². The predicted octanol–water partition coefficient (Wildman–Crippen LogP) is 2.95. The average molecular weight is 362 g/mol. The van der Waals surface area contributed by atoms with Crippen molar-refractivity contribution in [2.24, 2.45) is 4.99 Å². The lowest BCUT2D eigenvalue weighted by atomic mass is 10.1. The van der Waals surface area contributed by atoms with Gasteiger partial charge in [0.15, 0.2) is 5.96 Å². The van der Waals surface area contributed by atoms with Gasteiger partial charge < -0.3 is 15.1 Å². The molecule has 2 aliphatic rings. The molecule has 0 aliphatic carbocycles. The number of hydrogen-bond acceptors (Lipinski definition) is 2. The van der Waals surface area contributed by atoms with Crippen LogP contribution in [0.4, 0.5) is 5.69 Å². The van der Waals surface area contributed by atoms with E-state index in [2.05, 4.69) is 57.7 Å². The molecule has 1 saturated heterocycles. The number of nitrogens with one attached hydrogen (secondary N) is 1. The first kappa shape index (κ1) is 17.6. The van der Waals surface area contributed by atoms with Crippen LogP contribution in [0.15, 0.2) is 53.5 Å². The van der Waals surface area contributed by atoms with Crippen molar-refractivity contribution < 1.29 is 4.79 Å². The van der Waals surface area contributed by atoms with Gasteiger partial charge in [-0.15, -0.1) is 0 Å². The lowest BCUT2D eigenvalue weighted by molar-refractivity contribution is -0.128. The molecule has 0 unspecified atom stereocenters. The molecule has 0 atom stereocenters. The normalized spacial score (nSPS) is 16.8. The Labute approximate surface area is 160 Å². The third-order valence-electron chi connectivity index (χ3n) is 5.44. The van der Waals surface area contributed by atoms with Crippen molar-refractivity contribution in [3.63, 3.8) is 0 Å². The monoisotopic (exact) mass is 362 g/mol. The zero-order valence-electron chi connectivity index (χ0n) is 15.8. The molecule has 2 heterocycles. The molecule has 0 bridgehead atoms. The van der Waals surface area contributed by atoms with E-state index in [1.165, 1.54) is 22.4 Å². The Hall–Kier alpha value is -2.82. The van der Waals surface area contributed by atoms with E-state index in [-0.39, 0.29) is 5.91 Å². The van der Waals surface area contributed by atoms with Crippen molar-refractivity contribution >= 4 is 17.6 Å². The van der Waals surface area contributed by atoms with Crippen LogP contribution in [0.3, 0.4) is 0 Å². The number of anilines is 1. The van der Waals surface area contributed by atoms with Crippen LogP contribution >= 0.6 is 0 Å². The van der Waals surface area contributed by atoms with E-state index >= 15 is 0 Å². The molecule has 1 amide bonds. The second kappa shape index (κ2) is 7.82. The molecule has 2 aromatic carbocycles. The topological polar surface area (TPSA) is 47.9 Å². The second-order valence-electron chi connectivity index (χ2n) is 7.12. The summed E-state index contributed by atoms with van der Waals surface area (Å²) in [7, 11) is 1.83. The van der Waals surface area contributed by atoms with Crippen molar-refractivity contribution in [1.82, 2.24) is 10.2 Å². The molecule has 5 nitrogen and oxygen atoms in total. The van der Waals surface area contributed by atoms with Crippen molar-refractivity contribution in [2.45, 2.75) is 32.4 Å². The number of aliphatic imine (C=N–C) groups is 1. The Kier molecular flexibility index (Phi) is 5.10. The molecule has 1 fully saturated rings. The van der Waals surface area contributed by atoms with Crippen LogP contribution in [0.25, 0.3) is 0 Å². The number of benzene rings is 2. The maximum Gasteiger partial charge on any atom is 0.222 e. The summed E-state index contributed by atoms with van der Waals surface area (Å²) in [4.78, 5) is 20.7. The van der Waals surface area contributed by atoms with Gasteiger partial charge in [-0.2, -0.15) is 0 Å². The minimum atomic E-state index is 0.266. The van der Waals surface area contributed by atoms with Crippen LogP contribution < -0.4 is 10.2 Å². The van der Waals surface area contributed by atoms with Gasteiger partial charge in [0.25, 0.3) is 0 Å². The Morgan fingerprint density at radius 2 is 1.81 bits per heavy atom. The van der Waals surface area contributed by atoms with Crippen LogP contribution in [-0.2, 0) is 24.3 Å². The van der Waals surface area contributed by atoms with E-state index in [0.29, 0.717) is 19.5 Å². The van der Waals surface area contributed by atoms with Crippen molar-refractivity contribution in [1.29, 1.82) is 0 Å². The Morgan fingerprint density at radius 3 is 2.59 bits per heavy atom. The number of carbonyl (C=O) groups excluding carboxylic acids is 1. The molecule has 2 aromatic rings. The van der Waals surface area contributed by atoms with Crippen molar-refractivity contribution in [3.8, 4) is 0 Å². The second-order valence-corrected chi connectivity index (χ2v) is 7.12. The van der Waals surface area contributed by atoms with Crippen molar-refractivity contribution in [3.05, 3.63) is 65.2 Å². The van der Waals surface area contributed by atoms with Gasteiger partial charge in [0.1, 0.15) is 0 Å². The van der Waals surface area contributed by atoms with Gasteiger partial charge in [-0.25, -0.2) is 0 Å². The number of amides is 1. The first-order valence-corrected chi connectivity index (χ1v) is 9.67. The molecular weight excluding hydrogens is 336 g/mol. The molecule has 140 valence electrons. The molecule has 1 N–H and O–H groups in total. The maximum atomic E-state index is 12.0. The minimum Gasteiger partial charge on any atom is -0.352 e. The van der Waals surface area contributed by atoms with Crippen LogP contribution in [0, 0.1) is 0 Å². The molecule has 0 radical (unpaired) electrons. The summed E-state index contributed by atoms with van der Waals surface area (Å²) in [5.74, 6) is 1.16. The zero-order valence-corrected chi connectivity index (χ0v) is 15.8. The van der Waals surface area contributed by atoms with Gasteiger partial charge in [0.2, 0.25) is 5.91 Å². The standard InChI is InChI=1S/C22H26N4O/c1-23-22(26-14-12-17-7-4-5-10-20(17)26)24-15-18-8-2-3-9-19(18)16-25-13-6-11-21(25)27/h2-5,7-10H,6,11-16H2,1H3,(H,23,24). The van der Waals surface area contributed by atoms with E-state index in [0.717, 1.165) is 31.9 Å². The SMILES string of the molecule is CN=C(NCc1ccccc1CN1CCCC1=O)N1CCc2ccccc21. The van der Waals surface area contributed by atoms with E-state index in [4.69, 9.17) is 0 Å². The third-order valence-corrected chi connectivity index (χ3v) is 5.44. The third kappa shape index (κ3) is 3.68. The number of fused-ring (bicyclic) bond motifs is 1. The Bertz CT molecular complexity index is 861. The fourth-order valence-electron chi connectivity index (χ4n) is 3.99. The van der Waals surface area contributed by atoms with Crippen LogP contribution in [-0.4, -0.2) is 36.9 Å². The van der Waals surface area contributed by atoms with E-state index < -0.39 is 0 Å². The van der Waals surface area contributed by atoms with Gasteiger partial charge in [-0.1, -0.05) is 42.5 Å². The summed E-state index contributed by atoms with van der Waals surface area (Å²) in [6.45, 7) is 3.21. The van der Waals surface area contributed by atoms with E-state index in [1.807, 2.05) is 18.0 Å². The number of para-hydroxylation sites is 1.